The molecule has 4 atom stereocenters. The predicted molar refractivity (Wildman–Crippen MR) is 113 cm³/mol. The van der Waals surface area contributed by atoms with E-state index in [2.05, 4.69) is 5.32 Å². The zero-order chi connectivity index (χ0) is 21.8. The molecule has 3 N–H and O–H groups in total. The van der Waals surface area contributed by atoms with Crippen molar-refractivity contribution in [3.8, 4) is 0 Å². The maximum atomic E-state index is 13.7. The molecule has 1 aromatic carbocycles. The number of fused-ring (bicyclic) bond motifs is 1. The smallest absolute Gasteiger partial charge is 0.251 e. The van der Waals surface area contributed by atoms with Crippen molar-refractivity contribution < 1.29 is 18.4 Å². The van der Waals surface area contributed by atoms with Crippen LogP contribution in [0.4, 0.5) is 8.78 Å². The van der Waals surface area contributed by atoms with Crippen LogP contribution in [0.15, 0.2) is 35.9 Å². The highest BCUT2D eigenvalue weighted by Crippen LogP contribution is 2.38. The first-order valence-corrected chi connectivity index (χ1v) is 10.7. The molecule has 4 unspecified atom stereocenters. The van der Waals surface area contributed by atoms with E-state index in [1.807, 2.05) is 19.9 Å². The van der Waals surface area contributed by atoms with Crippen LogP contribution in [0.2, 0.25) is 0 Å². The molecular weight excluding hydrogens is 386 g/mol. The fraction of sp³-hybridized carbons (Fsp3) is 0.500. The lowest BCUT2D eigenvalue weighted by Gasteiger charge is -2.21. The first-order valence-electron chi connectivity index (χ1n) is 10.7. The van der Waals surface area contributed by atoms with E-state index in [1.54, 1.807) is 12.2 Å². The lowest BCUT2D eigenvalue weighted by atomic mass is 9.87. The van der Waals surface area contributed by atoms with E-state index in [0.717, 1.165) is 24.0 Å². The van der Waals surface area contributed by atoms with E-state index in [4.69, 9.17) is 5.73 Å². The van der Waals surface area contributed by atoms with Gasteiger partial charge in [-0.2, -0.15) is 0 Å². The zero-order valence-corrected chi connectivity index (χ0v) is 17.6. The Morgan fingerprint density at radius 1 is 1.20 bits per heavy atom. The van der Waals surface area contributed by atoms with Gasteiger partial charge in [-0.3, -0.25) is 9.59 Å². The molecule has 1 fully saturated rings. The van der Waals surface area contributed by atoms with Crippen LogP contribution in [-0.4, -0.2) is 23.8 Å². The van der Waals surface area contributed by atoms with Gasteiger partial charge in [-0.15, -0.1) is 0 Å². The lowest BCUT2D eigenvalue weighted by molar-refractivity contribution is -0.123. The largest absolute Gasteiger partial charge is 0.349 e. The molecule has 0 aliphatic heterocycles. The monoisotopic (exact) mass is 416 g/mol. The Hall–Kier alpha value is -2.34. The molecule has 2 aliphatic carbocycles. The normalized spacial score (nSPS) is 24.8. The van der Waals surface area contributed by atoms with Crippen molar-refractivity contribution in [2.75, 3.05) is 0 Å². The third-order valence-corrected chi connectivity index (χ3v) is 6.40. The summed E-state index contributed by atoms with van der Waals surface area (Å²) in [4.78, 5) is 25.1. The Morgan fingerprint density at radius 3 is 2.63 bits per heavy atom. The Labute approximate surface area is 176 Å². The number of carbonyl (C=O) groups is 2. The van der Waals surface area contributed by atoms with E-state index in [1.165, 1.54) is 12.1 Å². The number of allylic oxidation sites excluding steroid dienone is 2. The topological polar surface area (TPSA) is 72.2 Å². The number of ketones is 1. The van der Waals surface area contributed by atoms with Crippen molar-refractivity contribution in [3.05, 3.63) is 58.7 Å². The zero-order valence-electron chi connectivity index (χ0n) is 17.6. The van der Waals surface area contributed by atoms with Gasteiger partial charge in [0.25, 0.3) is 5.91 Å². The van der Waals surface area contributed by atoms with E-state index in [9.17, 15) is 18.4 Å². The van der Waals surface area contributed by atoms with Gasteiger partial charge < -0.3 is 11.1 Å². The minimum atomic E-state index is -0.869. The van der Waals surface area contributed by atoms with Crippen molar-refractivity contribution in [1.82, 2.24) is 5.32 Å². The molecule has 1 aromatic rings. The quantitative estimate of drug-likeness (QED) is 0.520. The van der Waals surface area contributed by atoms with Crippen LogP contribution in [0, 0.1) is 17.6 Å². The van der Waals surface area contributed by atoms with Gasteiger partial charge in [0, 0.05) is 35.9 Å². The molecule has 6 heteroatoms. The lowest BCUT2D eigenvalue weighted by Crippen LogP contribution is -2.35. The molecule has 3 rings (SSSR count). The minimum absolute atomic E-state index is 0.0211. The number of Topliss-reactive ketones (excluding diaryl/α,β-unsaturated/α-hetero) is 1. The van der Waals surface area contributed by atoms with Crippen LogP contribution < -0.4 is 11.1 Å². The molecule has 1 saturated carbocycles. The molecule has 4 nitrogen and oxygen atoms in total. The summed E-state index contributed by atoms with van der Waals surface area (Å²) < 4.78 is 27.1. The maximum Gasteiger partial charge on any atom is 0.251 e. The van der Waals surface area contributed by atoms with Gasteiger partial charge in [-0.25, -0.2) is 8.78 Å². The highest BCUT2D eigenvalue weighted by Gasteiger charge is 2.35. The molecule has 0 heterocycles. The van der Waals surface area contributed by atoms with Gasteiger partial charge in [-0.05, 0) is 69.2 Å². The van der Waals surface area contributed by atoms with Crippen molar-refractivity contribution in [2.24, 2.45) is 11.7 Å². The second-order valence-electron chi connectivity index (χ2n) is 8.37. The summed E-state index contributed by atoms with van der Waals surface area (Å²) in [5.74, 6) is -1.99. The summed E-state index contributed by atoms with van der Waals surface area (Å²) in [6.45, 7) is 3.68. The number of halogens is 2. The van der Waals surface area contributed by atoms with Crippen molar-refractivity contribution in [3.63, 3.8) is 0 Å². The minimum Gasteiger partial charge on any atom is -0.349 e. The predicted octanol–water partition coefficient (Wildman–Crippen LogP) is 4.09. The molecule has 0 aromatic heterocycles. The number of carbonyl (C=O) groups excluding carboxylic acids is 2. The number of hydrogen-bond donors (Lipinski definition) is 2. The summed E-state index contributed by atoms with van der Waals surface area (Å²) in [6, 6.07) is 2.04. The van der Waals surface area contributed by atoms with Crippen LogP contribution in [0.1, 0.15) is 63.0 Å². The number of amides is 1. The van der Waals surface area contributed by atoms with Gasteiger partial charge in [0.05, 0.1) is 0 Å². The molecule has 2 aliphatic rings. The van der Waals surface area contributed by atoms with Gasteiger partial charge in [0.1, 0.15) is 5.78 Å². The fourth-order valence-electron chi connectivity index (χ4n) is 4.77. The van der Waals surface area contributed by atoms with Crippen molar-refractivity contribution in [2.45, 2.75) is 70.4 Å². The molecule has 0 bridgehead atoms. The number of nitrogens with one attached hydrogen (secondary N) is 1. The molecule has 1 amide bonds. The first kappa shape index (κ1) is 22.3. The average molecular weight is 417 g/mol. The van der Waals surface area contributed by atoms with Crippen LogP contribution in [-0.2, 0) is 16.0 Å². The van der Waals surface area contributed by atoms with Crippen molar-refractivity contribution in [1.29, 1.82) is 0 Å². The Balaban J connectivity index is 1.55. The average Bonchev–Trinajstić information content (AvgIpc) is 3.33. The molecule has 0 saturated heterocycles. The molecule has 30 heavy (non-hydrogen) atoms. The van der Waals surface area contributed by atoms with Gasteiger partial charge in [0.15, 0.2) is 11.6 Å². The first-order chi connectivity index (χ1) is 14.3. The van der Waals surface area contributed by atoms with Gasteiger partial charge >= 0.3 is 0 Å². The van der Waals surface area contributed by atoms with Crippen LogP contribution in [0.3, 0.4) is 0 Å². The molecular formula is C24H30F2N2O2. The molecule has 0 spiro atoms. The summed E-state index contributed by atoms with van der Waals surface area (Å²) in [5, 5.41) is 3.01. The number of rotatable bonds is 7. The second-order valence-corrected chi connectivity index (χ2v) is 8.37. The summed E-state index contributed by atoms with van der Waals surface area (Å²) in [5.41, 5.74) is 8.46. The van der Waals surface area contributed by atoms with E-state index >= 15 is 0 Å². The van der Waals surface area contributed by atoms with Crippen LogP contribution in [0.25, 0.3) is 0 Å². The number of nitrogens with two attached hydrogens (primary N) is 1. The third-order valence-electron chi connectivity index (χ3n) is 6.40. The number of aryl methyl sites for hydroxylation is 1. The van der Waals surface area contributed by atoms with E-state index in [0.29, 0.717) is 24.8 Å². The summed E-state index contributed by atoms with van der Waals surface area (Å²) in [7, 11) is 0. The van der Waals surface area contributed by atoms with E-state index in [-0.39, 0.29) is 36.0 Å². The highest BCUT2D eigenvalue weighted by atomic mass is 19.2. The number of benzene rings is 1. The van der Waals surface area contributed by atoms with Gasteiger partial charge in [0.2, 0.25) is 0 Å². The standard InChI is InChI=1S/C24H30F2N2O2/c1-3-5-14(4-2)24(30)28-17-8-6-16(10-17)23(29)13-22(27)18-9-7-15-11-20(25)21(26)12-19(15)18/h3-5,11-12,16-18,22H,6-10,13,27H2,1-2H3,(H,28,30). The van der Waals surface area contributed by atoms with Gasteiger partial charge in [-0.1, -0.05) is 18.2 Å². The number of hydrogen-bond acceptors (Lipinski definition) is 3. The molecule has 0 radical (unpaired) electrons. The third kappa shape index (κ3) is 4.86. The second kappa shape index (κ2) is 9.65. The fourth-order valence-corrected chi connectivity index (χ4v) is 4.77. The summed E-state index contributed by atoms with van der Waals surface area (Å²) >= 11 is 0. The Kier molecular flexibility index (Phi) is 7.19. The Bertz CT molecular complexity index is 878. The highest BCUT2D eigenvalue weighted by molar-refractivity contribution is 5.96. The van der Waals surface area contributed by atoms with E-state index < -0.39 is 17.7 Å². The SMILES string of the molecule is CC=CC(=CC)C(=O)NC1CCC(C(=O)CC(N)C2CCc3cc(F)c(F)cc32)C1. The Morgan fingerprint density at radius 2 is 1.93 bits per heavy atom. The van der Waals surface area contributed by atoms with Crippen LogP contribution in [0.5, 0.6) is 0 Å². The maximum absolute atomic E-state index is 13.7. The van der Waals surface area contributed by atoms with Crippen LogP contribution >= 0.6 is 0 Å². The summed E-state index contributed by atoms with van der Waals surface area (Å²) in [6.07, 6.45) is 9.02. The molecule has 162 valence electrons. The van der Waals surface area contributed by atoms with Crippen molar-refractivity contribution >= 4 is 11.7 Å².